The van der Waals surface area contributed by atoms with E-state index in [-0.39, 0.29) is 106 Å². The van der Waals surface area contributed by atoms with E-state index in [2.05, 4.69) is 0 Å². The van der Waals surface area contributed by atoms with Crippen molar-refractivity contribution in [3.63, 3.8) is 0 Å². The number of hydrogen-bond acceptors (Lipinski definition) is 21. The Balaban J connectivity index is 0.857. The highest BCUT2D eigenvalue weighted by atomic mass is 16.8. The molecule has 4 heterocycles. The molecule has 4 saturated heterocycles. The summed E-state index contributed by atoms with van der Waals surface area (Å²) in [6.07, 6.45) is -25.9. The maximum absolute atomic E-state index is 13.8. The summed E-state index contributed by atoms with van der Waals surface area (Å²) in [7, 11) is 0. The highest BCUT2D eigenvalue weighted by Crippen LogP contribution is 2.42. The molecule has 0 aliphatic carbocycles. The summed E-state index contributed by atoms with van der Waals surface area (Å²) in [6, 6.07) is 118. The topological polar surface area (TPSA) is 216 Å². The van der Waals surface area contributed by atoms with Gasteiger partial charge in [-0.15, -0.1) is 0 Å². The van der Waals surface area contributed by atoms with E-state index in [1.165, 1.54) is 0 Å². The van der Waals surface area contributed by atoms with Crippen LogP contribution in [0.4, 0.5) is 0 Å². The number of rotatable bonds is 46. The summed E-state index contributed by atoms with van der Waals surface area (Å²) in [6.45, 7) is 0.934. The fraction of sp³-hybridized carbons (Fsp3) is 0.333. The summed E-state index contributed by atoms with van der Waals surface area (Å²) in [4.78, 5) is 0. The molecule has 672 valence electrons. The van der Waals surface area contributed by atoms with Crippen molar-refractivity contribution in [1.82, 2.24) is 0 Å². The van der Waals surface area contributed by atoms with Crippen LogP contribution in [0, 0.1) is 0 Å². The molecule has 21 heteroatoms. The van der Waals surface area contributed by atoms with Gasteiger partial charge in [-0.3, -0.25) is 0 Å². The maximum atomic E-state index is 13.8. The molecule has 2 N–H and O–H groups in total. The number of benzene rings is 12. The zero-order chi connectivity index (χ0) is 87.7. The van der Waals surface area contributed by atoms with E-state index < -0.39 is 123 Å². The van der Waals surface area contributed by atoms with Gasteiger partial charge in [0.05, 0.1) is 106 Å². The summed E-state index contributed by atoms with van der Waals surface area (Å²) < 4.78 is 139. The Hall–Kier alpha value is -10.2. The first kappa shape index (κ1) is 92.1. The van der Waals surface area contributed by atoms with Crippen molar-refractivity contribution in [2.75, 3.05) is 26.4 Å². The van der Waals surface area contributed by atoms with E-state index in [1.807, 2.05) is 364 Å². The van der Waals surface area contributed by atoms with Gasteiger partial charge in [0.15, 0.2) is 25.2 Å². The number of ether oxygens (including phenoxy) is 19. The Bertz CT molecular complexity index is 5070. The van der Waals surface area contributed by atoms with Gasteiger partial charge in [0.25, 0.3) is 0 Å². The van der Waals surface area contributed by atoms with Crippen molar-refractivity contribution in [1.29, 1.82) is 0 Å². The average molecular weight is 1750 g/mol. The van der Waals surface area contributed by atoms with Gasteiger partial charge in [0, 0.05) is 0 Å². The minimum Gasteiger partial charge on any atom is -0.385 e. The van der Waals surface area contributed by atoms with Crippen LogP contribution in [-0.4, -0.2) is 159 Å². The zero-order valence-electron chi connectivity index (χ0n) is 72.2. The first-order valence-electron chi connectivity index (χ1n) is 44.5. The van der Waals surface area contributed by atoms with E-state index in [0.29, 0.717) is 0 Å². The molecule has 12 aromatic rings. The van der Waals surface area contributed by atoms with Gasteiger partial charge in [-0.2, -0.15) is 0 Å². The second-order valence-electron chi connectivity index (χ2n) is 32.6. The summed E-state index contributed by atoms with van der Waals surface area (Å²) >= 11 is 0. The third kappa shape index (κ3) is 27.0. The Morgan fingerprint density at radius 2 is 0.341 bits per heavy atom. The number of hydrogen-bond donors (Lipinski definition) is 2. The minimum absolute atomic E-state index is 0.00000305. The highest BCUT2D eigenvalue weighted by Gasteiger charge is 2.59. The van der Waals surface area contributed by atoms with Gasteiger partial charge in [-0.05, 0) is 66.8 Å². The monoisotopic (exact) mass is 1750 g/mol. The normalized spacial score (nSPS) is 25.8. The fourth-order valence-electron chi connectivity index (χ4n) is 16.5. The van der Waals surface area contributed by atoms with E-state index in [4.69, 9.17) is 90.0 Å². The Labute approximate surface area is 755 Å². The summed E-state index contributed by atoms with van der Waals surface area (Å²) in [5, 5.41) is 27.2. The van der Waals surface area contributed by atoms with E-state index in [0.717, 1.165) is 66.8 Å². The van der Waals surface area contributed by atoms with Gasteiger partial charge in [-0.1, -0.05) is 364 Å². The number of aliphatic hydroxyl groups is 2. The molecule has 12 aromatic carbocycles. The van der Waals surface area contributed by atoms with Gasteiger partial charge >= 0.3 is 0 Å². The van der Waals surface area contributed by atoms with Crippen LogP contribution in [0.25, 0.3) is 0 Å². The van der Waals surface area contributed by atoms with Crippen LogP contribution in [0.15, 0.2) is 364 Å². The minimum atomic E-state index is -1.78. The molecule has 4 fully saturated rings. The lowest BCUT2D eigenvalue weighted by Gasteiger charge is -2.52. The Morgan fingerprint density at radius 3 is 0.581 bits per heavy atom. The lowest BCUT2D eigenvalue weighted by atomic mass is 9.94. The predicted octanol–water partition coefficient (Wildman–Crippen LogP) is 16.9. The molecule has 4 aliphatic heterocycles. The molecular weight excluding hydrogens is 1630 g/mol. The van der Waals surface area contributed by atoms with Gasteiger partial charge in [0.2, 0.25) is 0 Å². The van der Waals surface area contributed by atoms with Crippen molar-refractivity contribution in [2.45, 2.75) is 202 Å². The SMILES string of the molecule is OC1O[C@H](COCc2ccccc2)[C@@H](OCc2ccccc2)[C@H](OCc2ccccc2)[C@@H]1O[C@H]1O[C@H](COCc2ccccc2)[C@@H](OCc2ccccc2)[C@H](OCc2ccccc2)[C@@H]1O[C@H]1O[C@H](COCc2ccccc2)[C@@H](OCc2ccccc2)[C@H](OCc2ccccc2)[C@@H]1O[C@H]1O[C@H](COCc2ccccc2)[C@@H](OCc2ccccc2)[C@H](OCc2ccccc2)[C@@H]1O. The van der Waals surface area contributed by atoms with Crippen molar-refractivity contribution in [3.8, 4) is 0 Å². The molecule has 0 aromatic heterocycles. The van der Waals surface area contributed by atoms with Crippen LogP contribution in [0.5, 0.6) is 0 Å². The smallest absolute Gasteiger partial charge is 0.187 e. The maximum Gasteiger partial charge on any atom is 0.187 e. The van der Waals surface area contributed by atoms with E-state index in [1.54, 1.807) is 0 Å². The van der Waals surface area contributed by atoms with Crippen LogP contribution < -0.4 is 0 Å². The fourth-order valence-corrected chi connectivity index (χ4v) is 16.5. The van der Waals surface area contributed by atoms with Crippen LogP contribution in [0.3, 0.4) is 0 Å². The van der Waals surface area contributed by atoms with Crippen LogP contribution >= 0.6 is 0 Å². The summed E-state index contributed by atoms with van der Waals surface area (Å²) in [5.74, 6) is 0. The molecule has 0 bridgehead atoms. The Morgan fingerprint density at radius 1 is 0.171 bits per heavy atom. The standard InChI is InChI=1S/C108H114O21/c109-93-98(119-69-85-53-29-9-30-54-85)94(115-65-81-45-21-5-22-46-81)90(74-112-62-78-39-15-2-16-40-78)124-106(93)128-103-100(121-71-87-57-33-11-34-58-87)96(117-67-83-49-25-7-26-50-83)92(76-114-64-80-43-19-4-20-44-80)126-108(103)129-104-101(122-72-88-59-35-12-36-60-88)97(118-68-84-51-27-8-28-52-84)91(75-113-63-79-41-17-3-18-42-79)125-107(104)127-102-99(120-70-86-55-31-10-32-56-86)95(116-66-82-47-23-6-24-48-82)89(123-105(102)110)73-111-61-77-37-13-1-14-38-77/h1-60,89-110H,61-76H2/t89-,90-,91-,92-,93+,94-,95-,96-,97-,98-,99+,100+,101+,102+,103+,104+,105?,106-,107-,108-/m1/s1. The quantitative estimate of drug-likeness (QED) is 0.0363. The molecule has 0 radical (unpaired) electrons. The van der Waals surface area contributed by atoms with Crippen molar-refractivity contribution in [2.24, 2.45) is 0 Å². The largest absolute Gasteiger partial charge is 0.385 e. The van der Waals surface area contributed by atoms with Gasteiger partial charge < -0.3 is 100 Å². The molecule has 4 aliphatic rings. The second-order valence-corrected chi connectivity index (χ2v) is 32.6. The Kier molecular flexibility index (Phi) is 35.1. The lowest BCUT2D eigenvalue weighted by molar-refractivity contribution is -0.415. The first-order valence-corrected chi connectivity index (χ1v) is 44.5. The van der Waals surface area contributed by atoms with Gasteiger partial charge in [0.1, 0.15) is 97.7 Å². The third-order valence-electron chi connectivity index (χ3n) is 23.1. The van der Waals surface area contributed by atoms with Crippen LogP contribution in [0.2, 0.25) is 0 Å². The van der Waals surface area contributed by atoms with Crippen molar-refractivity contribution >= 4 is 0 Å². The number of aliphatic hydroxyl groups excluding tert-OH is 2. The first-order chi connectivity index (χ1) is 63.8. The van der Waals surface area contributed by atoms with Crippen LogP contribution in [0.1, 0.15) is 66.8 Å². The zero-order valence-corrected chi connectivity index (χ0v) is 72.2. The van der Waals surface area contributed by atoms with E-state index >= 15 is 0 Å². The molecule has 129 heavy (non-hydrogen) atoms. The molecule has 1 unspecified atom stereocenters. The third-order valence-corrected chi connectivity index (χ3v) is 23.1. The van der Waals surface area contributed by atoms with E-state index in [9.17, 15) is 10.2 Å². The molecule has 0 saturated carbocycles. The van der Waals surface area contributed by atoms with Crippen LogP contribution in [-0.2, 0) is 169 Å². The summed E-state index contributed by atoms with van der Waals surface area (Å²) in [5.41, 5.74) is 10.4. The lowest BCUT2D eigenvalue weighted by Crippen LogP contribution is -2.69. The molecule has 0 spiro atoms. The van der Waals surface area contributed by atoms with Gasteiger partial charge in [-0.25, -0.2) is 0 Å². The molecule has 0 amide bonds. The highest BCUT2D eigenvalue weighted by molar-refractivity contribution is 5.23. The van der Waals surface area contributed by atoms with Crippen molar-refractivity contribution < 1.29 is 100 Å². The predicted molar refractivity (Wildman–Crippen MR) is 482 cm³/mol. The van der Waals surface area contributed by atoms with Crippen molar-refractivity contribution in [3.05, 3.63) is 431 Å². The molecular formula is C108H114O21. The molecule has 21 nitrogen and oxygen atoms in total. The molecule has 16 rings (SSSR count). The molecule has 20 atom stereocenters. The second kappa shape index (κ2) is 49.2. The average Bonchev–Trinajstić information content (AvgIpc) is 0.755.